The fraction of sp³-hybridized carbons (Fsp3) is 0.263. The van der Waals surface area contributed by atoms with Gasteiger partial charge in [-0.15, -0.1) is 0 Å². The maximum Gasteiger partial charge on any atom is 0.287 e. The smallest absolute Gasteiger partial charge is 0.287 e. The molecule has 0 saturated heterocycles. The Bertz CT molecular complexity index is 979. The van der Waals surface area contributed by atoms with Crippen LogP contribution in [0.3, 0.4) is 0 Å². The summed E-state index contributed by atoms with van der Waals surface area (Å²) < 4.78 is 13.6. The quantitative estimate of drug-likeness (QED) is 0.718. The Balaban J connectivity index is 2.14. The molecule has 3 rings (SSSR count). The number of methoxy groups -OCH3 is 2. The van der Waals surface area contributed by atoms with Crippen molar-refractivity contribution in [3.8, 4) is 11.5 Å². The van der Waals surface area contributed by atoms with Crippen LogP contribution in [0.5, 0.6) is 11.5 Å². The first kappa shape index (κ1) is 17.2. The van der Waals surface area contributed by atoms with Gasteiger partial charge >= 0.3 is 0 Å². The van der Waals surface area contributed by atoms with Gasteiger partial charge in [0.1, 0.15) is 17.1 Å². The van der Waals surface area contributed by atoms with Crippen molar-refractivity contribution >= 4 is 27.5 Å². The van der Waals surface area contributed by atoms with Crippen LogP contribution < -0.4 is 14.3 Å². The molecule has 0 unspecified atom stereocenters. The van der Waals surface area contributed by atoms with Crippen LogP contribution in [0.4, 0.5) is 0 Å². The highest BCUT2D eigenvalue weighted by Gasteiger charge is 2.18. The van der Waals surface area contributed by atoms with Crippen molar-refractivity contribution in [1.82, 2.24) is 4.57 Å². The van der Waals surface area contributed by atoms with Crippen LogP contribution in [0, 0.1) is 0 Å². The number of hydrogen-bond donors (Lipinski definition) is 0. The Labute approximate surface area is 150 Å². The standard InChI is InChI=1S/C19H20N2O3S/c1-5-12-9-10-13-16(11-12)25-19(21(13)2)20-18(22)17-14(23-3)7-6-8-15(17)24-4/h6-11H,5H2,1-4H3. The van der Waals surface area contributed by atoms with E-state index in [2.05, 4.69) is 30.1 Å². The Morgan fingerprint density at radius 2 is 1.84 bits per heavy atom. The van der Waals surface area contributed by atoms with Gasteiger partial charge in [-0.05, 0) is 36.2 Å². The fourth-order valence-electron chi connectivity index (χ4n) is 2.71. The number of aryl methyl sites for hydroxylation is 2. The van der Waals surface area contributed by atoms with Crippen LogP contribution in [0.25, 0.3) is 10.2 Å². The van der Waals surface area contributed by atoms with Gasteiger partial charge in [0.25, 0.3) is 5.91 Å². The maximum absolute atomic E-state index is 12.8. The predicted octanol–water partition coefficient (Wildman–Crippen LogP) is 3.56. The van der Waals surface area contributed by atoms with Crippen molar-refractivity contribution in [3.63, 3.8) is 0 Å². The van der Waals surface area contributed by atoms with Crippen molar-refractivity contribution in [2.24, 2.45) is 12.0 Å². The Morgan fingerprint density at radius 1 is 1.16 bits per heavy atom. The monoisotopic (exact) mass is 356 g/mol. The van der Waals surface area contributed by atoms with Crippen LogP contribution in [-0.2, 0) is 13.5 Å². The molecular formula is C19H20N2O3S. The van der Waals surface area contributed by atoms with E-state index in [1.54, 1.807) is 18.2 Å². The second-order valence-electron chi connectivity index (χ2n) is 5.55. The summed E-state index contributed by atoms with van der Waals surface area (Å²) in [6.45, 7) is 2.12. The lowest BCUT2D eigenvalue weighted by Gasteiger charge is -2.09. The summed E-state index contributed by atoms with van der Waals surface area (Å²) in [5, 5.41) is 0. The van der Waals surface area contributed by atoms with Crippen molar-refractivity contribution < 1.29 is 14.3 Å². The zero-order valence-corrected chi connectivity index (χ0v) is 15.5. The van der Waals surface area contributed by atoms with Crippen molar-refractivity contribution in [1.29, 1.82) is 0 Å². The highest BCUT2D eigenvalue weighted by molar-refractivity contribution is 7.16. The van der Waals surface area contributed by atoms with E-state index in [9.17, 15) is 4.79 Å². The molecule has 3 aromatic rings. The Morgan fingerprint density at radius 3 is 2.44 bits per heavy atom. The number of nitrogens with zero attached hydrogens (tertiary/aromatic N) is 2. The zero-order valence-electron chi connectivity index (χ0n) is 14.7. The second-order valence-corrected chi connectivity index (χ2v) is 6.56. The summed E-state index contributed by atoms with van der Waals surface area (Å²) in [4.78, 5) is 17.8. The number of fused-ring (bicyclic) bond motifs is 1. The van der Waals surface area contributed by atoms with Crippen LogP contribution in [-0.4, -0.2) is 24.7 Å². The molecule has 0 saturated carbocycles. The van der Waals surface area contributed by atoms with Crippen molar-refractivity contribution in [2.75, 3.05) is 14.2 Å². The van der Waals surface area contributed by atoms with Gasteiger partial charge in [0.15, 0.2) is 4.80 Å². The van der Waals surface area contributed by atoms with Gasteiger partial charge in [-0.1, -0.05) is 30.4 Å². The molecule has 2 aromatic carbocycles. The topological polar surface area (TPSA) is 52.8 Å². The van der Waals surface area contributed by atoms with Crippen LogP contribution in [0.15, 0.2) is 41.4 Å². The number of carbonyl (C=O) groups is 1. The first-order valence-corrected chi connectivity index (χ1v) is 8.79. The largest absolute Gasteiger partial charge is 0.496 e. The minimum atomic E-state index is -0.382. The molecule has 0 atom stereocenters. The number of carbonyl (C=O) groups excluding carboxylic acids is 1. The van der Waals surface area contributed by atoms with Crippen LogP contribution in [0.2, 0.25) is 0 Å². The molecule has 5 nitrogen and oxygen atoms in total. The number of benzene rings is 2. The molecule has 0 radical (unpaired) electrons. The highest BCUT2D eigenvalue weighted by Crippen LogP contribution is 2.29. The van der Waals surface area contributed by atoms with Gasteiger partial charge in [0.2, 0.25) is 0 Å². The van der Waals surface area contributed by atoms with E-state index >= 15 is 0 Å². The summed E-state index contributed by atoms with van der Waals surface area (Å²) in [5.74, 6) is 0.516. The highest BCUT2D eigenvalue weighted by atomic mass is 32.1. The molecule has 6 heteroatoms. The average molecular weight is 356 g/mol. The van der Waals surface area contributed by atoms with E-state index in [0.29, 0.717) is 21.9 Å². The van der Waals surface area contributed by atoms with E-state index in [1.165, 1.54) is 31.1 Å². The zero-order chi connectivity index (χ0) is 18.0. The van der Waals surface area contributed by atoms with Gasteiger partial charge in [-0.3, -0.25) is 4.79 Å². The third-order valence-corrected chi connectivity index (χ3v) is 5.22. The maximum atomic E-state index is 12.8. The van der Waals surface area contributed by atoms with Crippen molar-refractivity contribution in [2.45, 2.75) is 13.3 Å². The second kappa shape index (κ2) is 7.11. The molecule has 0 spiro atoms. The summed E-state index contributed by atoms with van der Waals surface area (Å²) in [6, 6.07) is 11.5. The van der Waals surface area contributed by atoms with E-state index in [-0.39, 0.29) is 5.91 Å². The van der Waals surface area contributed by atoms with Gasteiger partial charge in [0, 0.05) is 7.05 Å². The molecule has 1 heterocycles. The molecule has 25 heavy (non-hydrogen) atoms. The van der Waals surface area contributed by atoms with Gasteiger partial charge in [-0.2, -0.15) is 4.99 Å². The molecular weight excluding hydrogens is 336 g/mol. The molecule has 130 valence electrons. The molecule has 1 aromatic heterocycles. The SMILES string of the molecule is CCc1ccc2c(c1)sc(=NC(=O)c1c(OC)cccc1OC)n2C. The number of aromatic nitrogens is 1. The lowest BCUT2D eigenvalue weighted by atomic mass is 10.1. The summed E-state index contributed by atoms with van der Waals surface area (Å²) in [7, 11) is 4.96. The number of amides is 1. The molecule has 0 fully saturated rings. The van der Waals surface area contributed by atoms with Crippen molar-refractivity contribution in [3.05, 3.63) is 52.3 Å². The fourth-order valence-corrected chi connectivity index (χ4v) is 3.79. The van der Waals surface area contributed by atoms with E-state index in [1.807, 2.05) is 11.6 Å². The summed E-state index contributed by atoms with van der Waals surface area (Å²) >= 11 is 1.50. The first-order chi connectivity index (χ1) is 12.1. The Hall–Kier alpha value is -2.60. The minimum absolute atomic E-state index is 0.333. The molecule has 0 aliphatic rings. The number of thiazole rings is 1. The Kier molecular flexibility index (Phi) is 4.90. The van der Waals surface area contributed by atoms with E-state index < -0.39 is 0 Å². The molecule has 0 N–H and O–H groups in total. The number of rotatable bonds is 4. The third kappa shape index (κ3) is 3.17. The normalized spacial score (nSPS) is 11.8. The third-order valence-electron chi connectivity index (χ3n) is 4.12. The summed E-state index contributed by atoms with van der Waals surface area (Å²) in [5.41, 5.74) is 2.65. The van der Waals surface area contributed by atoms with Gasteiger partial charge < -0.3 is 14.0 Å². The lowest BCUT2D eigenvalue weighted by Crippen LogP contribution is -2.14. The van der Waals surface area contributed by atoms with E-state index in [4.69, 9.17) is 9.47 Å². The predicted molar refractivity (Wildman–Crippen MR) is 99.6 cm³/mol. The number of hydrogen-bond acceptors (Lipinski definition) is 4. The van der Waals surface area contributed by atoms with E-state index in [0.717, 1.165) is 16.6 Å². The average Bonchev–Trinajstić information content (AvgIpc) is 2.95. The lowest BCUT2D eigenvalue weighted by molar-refractivity contribution is 0.0992. The van der Waals surface area contributed by atoms with Gasteiger partial charge in [0.05, 0.1) is 24.4 Å². The molecule has 1 amide bonds. The molecule has 0 aliphatic carbocycles. The number of ether oxygens (including phenoxy) is 2. The minimum Gasteiger partial charge on any atom is -0.496 e. The summed E-state index contributed by atoms with van der Waals surface area (Å²) in [6.07, 6.45) is 0.974. The van der Waals surface area contributed by atoms with Gasteiger partial charge in [-0.25, -0.2) is 0 Å². The molecule has 0 bridgehead atoms. The van der Waals surface area contributed by atoms with Crippen LogP contribution >= 0.6 is 11.3 Å². The molecule has 0 aliphatic heterocycles. The first-order valence-electron chi connectivity index (χ1n) is 7.97. The van der Waals surface area contributed by atoms with Crippen LogP contribution in [0.1, 0.15) is 22.8 Å².